The Bertz CT molecular complexity index is 616. The molecule has 2 aromatic rings. The summed E-state index contributed by atoms with van der Waals surface area (Å²) in [4.78, 5) is 0. The maximum atomic E-state index is 12.1. The minimum absolute atomic E-state index is 0.528. The van der Waals surface area contributed by atoms with E-state index >= 15 is 0 Å². The van der Waals surface area contributed by atoms with Crippen molar-refractivity contribution in [2.75, 3.05) is 5.75 Å². The van der Waals surface area contributed by atoms with Crippen LogP contribution < -0.4 is 0 Å². The van der Waals surface area contributed by atoms with E-state index in [1.807, 2.05) is 11.6 Å². The van der Waals surface area contributed by atoms with Gasteiger partial charge in [-0.15, -0.1) is 0 Å². The molecule has 3 nitrogen and oxygen atoms in total. The van der Waals surface area contributed by atoms with E-state index in [-0.39, 0.29) is 0 Å². The maximum Gasteiger partial charge on any atom is 0.0648 e. The summed E-state index contributed by atoms with van der Waals surface area (Å²) in [6.45, 7) is 8.35. The fraction of sp³-hybridized carbons (Fsp3) is 0.471. The summed E-state index contributed by atoms with van der Waals surface area (Å²) in [6, 6.07) is 10.3. The third-order valence-corrected chi connectivity index (χ3v) is 5.28. The van der Waals surface area contributed by atoms with Gasteiger partial charge >= 0.3 is 0 Å². The van der Waals surface area contributed by atoms with Crippen LogP contribution in [0.2, 0.25) is 0 Å². The largest absolute Gasteiger partial charge is 0.259 e. The van der Waals surface area contributed by atoms with Crippen molar-refractivity contribution in [3.8, 4) is 5.69 Å². The van der Waals surface area contributed by atoms with E-state index in [0.717, 1.165) is 34.8 Å². The van der Waals surface area contributed by atoms with Crippen LogP contribution in [0, 0.1) is 19.8 Å². The molecule has 21 heavy (non-hydrogen) atoms. The molecule has 114 valence electrons. The molecule has 1 aromatic heterocycles. The molecule has 0 N–H and O–H groups in total. The molecule has 4 heteroatoms. The topological polar surface area (TPSA) is 34.9 Å². The highest BCUT2D eigenvalue weighted by Gasteiger charge is 2.08. The number of nitrogens with zero attached hydrogens (tertiary/aromatic N) is 2. The van der Waals surface area contributed by atoms with Crippen LogP contribution in [-0.2, 0) is 16.6 Å². The molecule has 0 saturated heterocycles. The third-order valence-electron chi connectivity index (χ3n) is 3.69. The van der Waals surface area contributed by atoms with Gasteiger partial charge in [0.05, 0.1) is 11.4 Å². The molecular formula is C17H24N2OS. The second-order valence-corrected chi connectivity index (χ2v) is 7.27. The summed E-state index contributed by atoms with van der Waals surface area (Å²) < 4.78 is 14.0. The molecule has 0 bridgehead atoms. The lowest BCUT2D eigenvalue weighted by atomic mass is 10.2. The summed E-state index contributed by atoms with van der Waals surface area (Å²) >= 11 is 0. The predicted molar refractivity (Wildman–Crippen MR) is 89.2 cm³/mol. The van der Waals surface area contributed by atoms with E-state index < -0.39 is 10.8 Å². The average Bonchev–Trinajstić information content (AvgIpc) is 2.78. The molecule has 0 aliphatic heterocycles. The SMILES string of the molecule is CC[C@H](C)C[S@@](=O)Cc1ccc(-n2nc(C)cc2C)cc1. The minimum atomic E-state index is -0.775. The van der Waals surface area contributed by atoms with Gasteiger partial charge in [0.25, 0.3) is 0 Å². The second kappa shape index (κ2) is 7.03. The van der Waals surface area contributed by atoms with E-state index in [0.29, 0.717) is 11.7 Å². The van der Waals surface area contributed by atoms with Gasteiger partial charge in [-0.2, -0.15) is 5.10 Å². The van der Waals surface area contributed by atoms with Crippen molar-refractivity contribution in [2.24, 2.45) is 5.92 Å². The average molecular weight is 304 g/mol. The summed E-state index contributed by atoms with van der Waals surface area (Å²) in [6.07, 6.45) is 1.09. The van der Waals surface area contributed by atoms with Crippen molar-refractivity contribution in [1.29, 1.82) is 0 Å². The van der Waals surface area contributed by atoms with Gasteiger partial charge in [0, 0.05) is 28.0 Å². The molecule has 0 fully saturated rings. The van der Waals surface area contributed by atoms with Gasteiger partial charge in [-0.1, -0.05) is 32.4 Å². The van der Waals surface area contributed by atoms with Gasteiger partial charge in [-0.3, -0.25) is 4.21 Å². The highest BCUT2D eigenvalue weighted by Crippen LogP contribution is 2.15. The Kier molecular flexibility index (Phi) is 5.34. The summed E-state index contributed by atoms with van der Waals surface area (Å²) in [5.41, 5.74) is 4.32. The van der Waals surface area contributed by atoms with Gasteiger partial charge in [-0.25, -0.2) is 4.68 Å². The highest BCUT2D eigenvalue weighted by molar-refractivity contribution is 7.84. The monoisotopic (exact) mass is 304 g/mol. The van der Waals surface area contributed by atoms with Crippen molar-refractivity contribution in [3.63, 3.8) is 0 Å². The van der Waals surface area contributed by atoms with Crippen molar-refractivity contribution in [3.05, 3.63) is 47.3 Å². The fourth-order valence-electron chi connectivity index (χ4n) is 2.30. The van der Waals surface area contributed by atoms with Crippen molar-refractivity contribution in [1.82, 2.24) is 9.78 Å². The van der Waals surface area contributed by atoms with E-state index in [2.05, 4.69) is 56.2 Å². The van der Waals surface area contributed by atoms with Gasteiger partial charge in [0.2, 0.25) is 0 Å². The maximum absolute atomic E-state index is 12.1. The number of rotatable bonds is 6. The van der Waals surface area contributed by atoms with Gasteiger partial charge in [0.15, 0.2) is 0 Å². The molecule has 2 rings (SSSR count). The van der Waals surface area contributed by atoms with Crippen LogP contribution in [0.3, 0.4) is 0 Å². The van der Waals surface area contributed by atoms with Crippen LogP contribution in [-0.4, -0.2) is 19.7 Å². The Labute approximate surface area is 129 Å². The molecule has 0 aliphatic carbocycles. The quantitative estimate of drug-likeness (QED) is 0.814. The normalized spacial score (nSPS) is 14.1. The molecule has 0 unspecified atom stereocenters. The molecule has 2 atom stereocenters. The predicted octanol–water partition coefficient (Wildman–Crippen LogP) is 3.78. The number of benzene rings is 1. The van der Waals surface area contributed by atoms with Crippen LogP contribution in [0.15, 0.2) is 30.3 Å². The standard InChI is InChI=1S/C17H24N2OS/c1-5-13(2)11-21(20)12-16-6-8-17(9-7-16)19-15(4)10-14(3)18-19/h6-10,13H,5,11-12H2,1-4H3/t13-,21+/m0/s1. The van der Waals surface area contributed by atoms with Gasteiger partial charge < -0.3 is 0 Å². The summed E-state index contributed by atoms with van der Waals surface area (Å²) in [5, 5.41) is 4.48. The van der Waals surface area contributed by atoms with Crippen molar-refractivity contribution in [2.45, 2.75) is 39.9 Å². The highest BCUT2D eigenvalue weighted by atomic mass is 32.2. The molecule has 0 aliphatic rings. The van der Waals surface area contributed by atoms with Crippen molar-refractivity contribution < 1.29 is 4.21 Å². The van der Waals surface area contributed by atoms with Crippen molar-refractivity contribution >= 4 is 10.8 Å². The first-order chi connectivity index (χ1) is 9.99. The first-order valence-electron chi connectivity index (χ1n) is 7.47. The lowest BCUT2D eigenvalue weighted by molar-refractivity contribution is 0.615. The molecular weight excluding hydrogens is 280 g/mol. The first kappa shape index (κ1) is 16.0. The van der Waals surface area contributed by atoms with E-state index in [1.54, 1.807) is 0 Å². The van der Waals surface area contributed by atoms with Crippen LogP contribution in [0.1, 0.15) is 37.2 Å². The smallest absolute Gasteiger partial charge is 0.0648 e. The molecule has 1 aromatic carbocycles. The number of hydrogen-bond donors (Lipinski definition) is 0. The third kappa shape index (κ3) is 4.27. The first-order valence-corrected chi connectivity index (χ1v) is 8.96. The Morgan fingerprint density at radius 2 is 1.90 bits per heavy atom. The number of aryl methyl sites for hydroxylation is 2. The molecule has 0 amide bonds. The van der Waals surface area contributed by atoms with Crippen LogP contribution in [0.4, 0.5) is 0 Å². The minimum Gasteiger partial charge on any atom is -0.259 e. The number of aromatic nitrogens is 2. The molecule has 0 spiro atoms. The zero-order valence-corrected chi connectivity index (χ0v) is 14.1. The fourth-order valence-corrected chi connectivity index (χ4v) is 3.86. The molecule has 1 heterocycles. The van der Waals surface area contributed by atoms with Gasteiger partial charge in [0.1, 0.15) is 0 Å². The molecule has 0 saturated carbocycles. The van der Waals surface area contributed by atoms with Gasteiger partial charge in [-0.05, 0) is 43.5 Å². The number of hydrogen-bond acceptors (Lipinski definition) is 2. The zero-order chi connectivity index (χ0) is 15.4. The second-order valence-electron chi connectivity index (χ2n) is 5.77. The Morgan fingerprint density at radius 3 is 2.43 bits per heavy atom. The van der Waals surface area contributed by atoms with E-state index in [9.17, 15) is 4.21 Å². The van der Waals surface area contributed by atoms with Crippen LogP contribution in [0.25, 0.3) is 5.69 Å². The zero-order valence-electron chi connectivity index (χ0n) is 13.3. The Morgan fingerprint density at radius 1 is 1.24 bits per heavy atom. The molecule has 0 radical (unpaired) electrons. The van der Waals surface area contributed by atoms with Crippen LogP contribution >= 0.6 is 0 Å². The lowest BCUT2D eigenvalue weighted by Crippen LogP contribution is -2.09. The van der Waals surface area contributed by atoms with E-state index in [1.165, 1.54) is 0 Å². The lowest BCUT2D eigenvalue weighted by Gasteiger charge is -2.09. The Balaban J connectivity index is 2.05. The summed E-state index contributed by atoms with van der Waals surface area (Å²) in [5.74, 6) is 1.96. The van der Waals surface area contributed by atoms with Crippen LogP contribution in [0.5, 0.6) is 0 Å². The van der Waals surface area contributed by atoms with E-state index in [4.69, 9.17) is 0 Å². The Hall–Kier alpha value is -1.42. The summed E-state index contributed by atoms with van der Waals surface area (Å²) in [7, 11) is -0.775.